The molecule has 0 unspecified atom stereocenters. The Kier molecular flexibility index (Phi) is 4.55. The van der Waals surface area contributed by atoms with Gasteiger partial charge in [0.2, 0.25) is 0 Å². The molecule has 1 aromatic rings. The minimum atomic E-state index is -4.58. The van der Waals surface area contributed by atoms with E-state index in [1.165, 1.54) is 28.7 Å². The molecule has 0 radical (unpaired) electrons. The smallest absolute Gasteiger partial charge is 0.293 e. The first-order chi connectivity index (χ1) is 7.81. The highest BCUT2D eigenvalue weighted by Gasteiger charge is 2.34. The van der Waals surface area contributed by atoms with E-state index in [0.717, 1.165) is 6.07 Å². The average Bonchev–Trinajstić information content (AvgIpc) is 2.26. The van der Waals surface area contributed by atoms with Crippen molar-refractivity contribution in [3.8, 4) is 6.07 Å². The molecule has 0 saturated carbocycles. The summed E-state index contributed by atoms with van der Waals surface area (Å²) in [7, 11) is 0. The maximum Gasteiger partial charge on any atom is 0.417 e. The summed E-state index contributed by atoms with van der Waals surface area (Å²) < 4.78 is 37.8. The van der Waals surface area contributed by atoms with Crippen LogP contribution in [0, 0.1) is 14.9 Å². The first-order valence-corrected chi connectivity index (χ1v) is 6.41. The van der Waals surface area contributed by atoms with Crippen molar-refractivity contribution >= 4 is 44.3 Å². The van der Waals surface area contributed by atoms with Gasteiger partial charge < -0.3 is 0 Å². The molecule has 1 rings (SSSR count). The fourth-order valence-corrected chi connectivity index (χ4v) is 2.21. The van der Waals surface area contributed by atoms with Crippen molar-refractivity contribution in [2.75, 3.05) is 5.33 Å². The van der Waals surface area contributed by atoms with Gasteiger partial charge in [0.1, 0.15) is 6.07 Å². The van der Waals surface area contributed by atoms with E-state index in [1.54, 1.807) is 6.07 Å². The molecule has 7 heteroatoms. The van der Waals surface area contributed by atoms with E-state index in [4.69, 9.17) is 5.26 Å². The number of carbonyl (C=O) groups excluding carboxylic acids is 1. The number of nitrogens with zero attached hydrogens (tertiary/aromatic N) is 1. The van der Waals surface area contributed by atoms with Gasteiger partial charge in [0.15, 0.2) is 5.78 Å². The Balaban J connectivity index is 3.51. The van der Waals surface area contributed by atoms with Gasteiger partial charge in [-0.2, -0.15) is 18.4 Å². The van der Waals surface area contributed by atoms with Gasteiger partial charge in [-0.05, 0) is 34.7 Å². The molecule has 0 atom stereocenters. The first-order valence-electron chi connectivity index (χ1n) is 4.21. The third kappa shape index (κ3) is 3.19. The summed E-state index contributed by atoms with van der Waals surface area (Å²) in [6.07, 6.45) is -4.58. The average molecular weight is 418 g/mol. The van der Waals surface area contributed by atoms with Gasteiger partial charge >= 0.3 is 6.18 Å². The number of carbonyl (C=O) groups is 1. The van der Waals surface area contributed by atoms with Crippen LogP contribution in [0.25, 0.3) is 0 Å². The molecule has 2 nitrogen and oxygen atoms in total. The zero-order chi connectivity index (χ0) is 13.2. The lowest BCUT2D eigenvalue weighted by molar-refractivity contribution is -0.138. The Bertz CT molecular complexity index is 507. The highest BCUT2D eigenvalue weighted by molar-refractivity contribution is 14.1. The lowest BCUT2D eigenvalue weighted by Gasteiger charge is -2.11. The minimum absolute atomic E-state index is 0.0875. The van der Waals surface area contributed by atoms with Crippen molar-refractivity contribution in [3.05, 3.63) is 32.4 Å². The molecule has 0 aliphatic rings. The van der Waals surface area contributed by atoms with Crippen LogP contribution in [0.4, 0.5) is 13.2 Å². The van der Waals surface area contributed by atoms with Crippen LogP contribution in [0.1, 0.15) is 21.5 Å². The van der Waals surface area contributed by atoms with Crippen molar-refractivity contribution in [1.29, 1.82) is 5.26 Å². The zero-order valence-corrected chi connectivity index (χ0v) is 11.9. The Labute approximate surface area is 117 Å². The quantitative estimate of drug-likeness (QED) is 0.417. The van der Waals surface area contributed by atoms with Crippen LogP contribution in [0.15, 0.2) is 12.1 Å². The van der Waals surface area contributed by atoms with Gasteiger partial charge in [0, 0.05) is 9.13 Å². The van der Waals surface area contributed by atoms with Gasteiger partial charge in [-0.15, -0.1) is 0 Å². The van der Waals surface area contributed by atoms with E-state index in [2.05, 4.69) is 15.9 Å². The second kappa shape index (κ2) is 5.35. The lowest BCUT2D eigenvalue weighted by atomic mass is 10.0. The number of halogens is 5. The van der Waals surface area contributed by atoms with E-state index in [-0.39, 0.29) is 20.0 Å². The van der Waals surface area contributed by atoms with Gasteiger partial charge in [0.05, 0.1) is 16.5 Å². The number of rotatable bonds is 2. The summed E-state index contributed by atoms with van der Waals surface area (Å²) in [5, 5.41) is 8.65. The van der Waals surface area contributed by atoms with Gasteiger partial charge in [-0.1, -0.05) is 15.9 Å². The van der Waals surface area contributed by atoms with E-state index in [0.29, 0.717) is 0 Å². The zero-order valence-electron chi connectivity index (χ0n) is 8.11. The number of ketones is 1. The highest BCUT2D eigenvalue weighted by Crippen LogP contribution is 2.35. The Morgan fingerprint density at radius 3 is 2.47 bits per heavy atom. The molecule has 0 N–H and O–H groups in total. The second-order valence-corrected chi connectivity index (χ2v) is 4.69. The van der Waals surface area contributed by atoms with E-state index < -0.39 is 17.5 Å². The van der Waals surface area contributed by atoms with E-state index in [1.807, 2.05) is 0 Å². The van der Waals surface area contributed by atoms with E-state index in [9.17, 15) is 18.0 Å². The fourth-order valence-electron chi connectivity index (χ4n) is 1.15. The van der Waals surface area contributed by atoms with Crippen molar-refractivity contribution in [2.24, 2.45) is 0 Å². The molecular weight excluding hydrogens is 414 g/mol. The molecule has 0 bridgehead atoms. The summed E-state index contributed by atoms with van der Waals surface area (Å²) in [5.41, 5.74) is -1.22. The van der Waals surface area contributed by atoms with E-state index >= 15 is 0 Å². The molecule has 90 valence electrons. The van der Waals surface area contributed by atoms with Crippen LogP contribution < -0.4 is 0 Å². The SMILES string of the molecule is N#Cc1cc(C(=O)CBr)cc(C(F)(F)F)c1I. The standard InChI is InChI=1S/C10H4BrF3INO/c11-3-8(17)5-1-6(4-16)9(15)7(2-5)10(12,13)14/h1-2H,3H2. The molecule has 0 aliphatic heterocycles. The molecule has 0 amide bonds. The van der Waals surface area contributed by atoms with Crippen LogP contribution >= 0.6 is 38.5 Å². The van der Waals surface area contributed by atoms with Crippen molar-refractivity contribution < 1.29 is 18.0 Å². The summed E-state index contributed by atoms with van der Waals surface area (Å²) in [5.74, 6) is -0.497. The number of alkyl halides is 4. The molecule has 0 fully saturated rings. The Morgan fingerprint density at radius 1 is 1.47 bits per heavy atom. The molecule has 0 spiro atoms. The summed E-state index contributed by atoms with van der Waals surface area (Å²) in [4.78, 5) is 11.3. The maximum absolute atomic E-state index is 12.7. The monoisotopic (exact) mass is 417 g/mol. The second-order valence-electron chi connectivity index (χ2n) is 3.05. The molecule has 1 aromatic carbocycles. The molecule has 17 heavy (non-hydrogen) atoms. The Morgan fingerprint density at radius 2 is 2.06 bits per heavy atom. The topological polar surface area (TPSA) is 40.9 Å². The third-order valence-corrected chi connectivity index (χ3v) is 3.61. The Hall–Kier alpha value is -0.620. The summed E-state index contributed by atoms with van der Waals surface area (Å²) >= 11 is 4.33. The molecule has 0 aliphatic carbocycles. The molecular formula is C10H4BrF3INO. The van der Waals surface area contributed by atoms with Crippen LogP contribution in [-0.2, 0) is 6.18 Å². The van der Waals surface area contributed by atoms with Crippen LogP contribution in [0.3, 0.4) is 0 Å². The van der Waals surface area contributed by atoms with Crippen molar-refractivity contribution in [2.45, 2.75) is 6.18 Å². The molecule has 0 saturated heterocycles. The van der Waals surface area contributed by atoms with Gasteiger partial charge in [-0.3, -0.25) is 4.79 Å². The predicted octanol–water partition coefficient (Wildman–Crippen LogP) is 3.76. The number of hydrogen-bond acceptors (Lipinski definition) is 2. The highest BCUT2D eigenvalue weighted by atomic mass is 127. The third-order valence-electron chi connectivity index (χ3n) is 1.94. The largest absolute Gasteiger partial charge is 0.417 e. The number of hydrogen-bond donors (Lipinski definition) is 0. The van der Waals surface area contributed by atoms with Crippen LogP contribution in [-0.4, -0.2) is 11.1 Å². The maximum atomic E-state index is 12.7. The fraction of sp³-hybridized carbons (Fsp3) is 0.200. The van der Waals surface area contributed by atoms with Crippen molar-refractivity contribution in [3.63, 3.8) is 0 Å². The number of benzene rings is 1. The minimum Gasteiger partial charge on any atom is -0.293 e. The lowest BCUT2D eigenvalue weighted by Crippen LogP contribution is -2.12. The first kappa shape index (κ1) is 14.4. The normalized spacial score (nSPS) is 11.1. The van der Waals surface area contributed by atoms with Gasteiger partial charge in [0.25, 0.3) is 0 Å². The number of Topliss-reactive ketones (excluding diaryl/α,β-unsaturated/α-hetero) is 1. The van der Waals surface area contributed by atoms with Crippen molar-refractivity contribution in [1.82, 2.24) is 0 Å². The summed E-state index contributed by atoms with van der Waals surface area (Å²) in [6, 6.07) is 3.59. The summed E-state index contributed by atoms with van der Waals surface area (Å²) in [6.45, 7) is 0. The predicted molar refractivity (Wildman–Crippen MR) is 67.0 cm³/mol. The number of nitriles is 1. The van der Waals surface area contributed by atoms with Crippen LogP contribution in [0.5, 0.6) is 0 Å². The van der Waals surface area contributed by atoms with Crippen LogP contribution in [0.2, 0.25) is 0 Å². The molecule has 0 aromatic heterocycles. The van der Waals surface area contributed by atoms with Gasteiger partial charge in [-0.25, -0.2) is 0 Å². The molecule has 0 heterocycles.